The third-order valence-electron chi connectivity index (χ3n) is 12.7. The first-order valence-electron chi connectivity index (χ1n) is 20.5. The van der Waals surface area contributed by atoms with Crippen molar-refractivity contribution in [3.63, 3.8) is 0 Å². The molecule has 12 rings (SSSR count). The van der Waals surface area contributed by atoms with Gasteiger partial charge < -0.3 is 9.13 Å². The van der Waals surface area contributed by atoms with Crippen molar-refractivity contribution in [2.75, 3.05) is 0 Å². The number of hydrogen-bond acceptors (Lipinski definition) is 1. The van der Waals surface area contributed by atoms with Crippen molar-refractivity contribution >= 4 is 57.2 Å². The van der Waals surface area contributed by atoms with Crippen LogP contribution in [0.4, 0.5) is 0 Å². The molecule has 0 fully saturated rings. The molecular weight excluding hydrogens is 719 g/mol. The lowest BCUT2D eigenvalue weighted by Gasteiger charge is -2.14. The van der Waals surface area contributed by atoms with E-state index in [1.807, 2.05) is 0 Å². The maximum Gasteiger partial charge on any atom is 0.161 e. The lowest BCUT2D eigenvalue weighted by Crippen LogP contribution is -2.11. The minimum Gasteiger partial charge on any atom is -0.324 e. The number of para-hydroxylation sites is 3. The molecule has 3 aliphatic rings. The first kappa shape index (κ1) is 33.7. The molecule has 5 nitrogen and oxygen atoms in total. The van der Waals surface area contributed by atoms with Crippen molar-refractivity contribution in [1.82, 2.24) is 9.13 Å². The van der Waals surface area contributed by atoms with Gasteiger partial charge >= 0.3 is 0 Å². The van der Waals surface area contributed by atoms with E-state index in [9.17, 15) is 0 Å². The maximum atomic E-state index is 5.42. The first-order chi connectivity index (χ1) is 29.2. The molecule has 0 saturated heterocycles. The van der Waals surface area contributed by atoms with Gasteiger partial charge in [-0.3, -0.25) is 0 Å². The molecule has 0 unspecified atom stereocenters. The summed E-state index contributed by atoms with van der Waals surface area (Å²) in [5.74, 6) is 1.23. The molecule has 0 radical (unpaired) electrons. The van der Waals surface area contributed by atoms with E-state index < -0.39 is 0 Å². The van der Waals surface area contributed by atoms with Crippen LogP contribution >= 0.6 is 0 Å². The molecule has 7 aromatic carbocycles. The number of amidine groups is 2. The van der Waals surface area contributed by atoms with Crippen molar-refractivity contribution < 1.29 is 0 Å². The zero-order valence-corrected chi connectivity index (χ0v) is 32.6. The Morgan fingerprint density at radius 3 is 2.07 bits per heavy atom. The third kappa shape index (κ3) is 5.28. The zero-order chi connectivity index (χ0) is 39.0. The molecule has 2 heterocycles. The number of fused-ring (bicyclic) bond motifs is 12. The van der Waals surface area contributed by atoms with Crippen LogP contribution in [0.1, 0.15) is 51.1 Å². The SMILES string of the molecule is C=NC(=NC(=NCn1c2c(c3ccccc31)C=CCC2)c1cccc2c1Cc1ccccc1-2)c1ccc2c(c1)-c1cc(-n3c4ccccc4c4ccccc43)ccc1C2. The smallest absolute Gasteiger partial charge is 0.161 e. The molecule has 3 aliphatic carbocycles. The van der Waals surface area contributed by atoms with E-state index in [0.29, 0.717) is 18.3 Å². The Labute approximate surface area is 342 Å². The van der Waals surface area contributed by atoms with E-state index >= 15 is 0 Å². The van der Waals surface area contributed by atoms with Crippen molar-refractivity contribution in [3.8, 4) is 27.9 Å². The number of benzene rings is 7. The van der Waals surface area contributed by atoms with Gasteiger partial charge in [0.2, 0.25) is 0 Å². The Balaban J connectivity index is 0.988. The van der Waals surface area contributed by atoms with Gasteiger partial charge in [0.05, 0.1) is 16.6 Å². The van der Waals surface area contributed by atoms with Crippen LogP contribution < -0.4 is 0 Å². The van der Waals surface area contributed by atoms with Gasteiger partial charge in [0.1, 0.15) is 6.67 Å². The van der Waals surface area contributed by atoms with Crippen LogP contribution in [-0.2, 0) is 25.9 Å². The minimum absolute atomic E-state index is 0.451. The largest absolute Gasteiger partial charge is 0.324 e. The number of allylic oxidation sites excluding steroid dienone is 1. The van der Waals surface area contributed by atoms with Crippen LogP contribution in [0, 0.1) is 0 Å². The second-order valence-electron chi connectivity index (χ2n) is 15.9. The van der Waals surface area contributed by atoms with Gasteiger partial charge in [0, 0.05) is 44.2 Å². The van der Waals surface area contributed by atoms with Gasteiger partial charge in [-0.1, -0.05) is 127 Å². The highest BCUT2D eigenvalue weighted by Gasteiger charge is 2.25. The summed E-state index contributed by atoms with van der Waals surface area (Å²) in [6.45, 7) is 4.54. The van der Waals surface area contributed by atoms with Gasteiger partial charge in [-0.05, 0) is 113 Å². The van der Waals surface area contributed by atoms with Crippen molar-refractivity contribution in [2.45, 2.75) is 32.4 Å². The highest BCUT2D eigenvalue weighted by atomic mass is 15.1. The molecular formula is C54H39N5. The summed E-state index contributed by atoms with van der Waals surface area (Å²) in [5, 5.41) is 3.79. The summed E-state index contributed by atoms with van der Waals surface area (Å²) in [6, 6.07) is 54.9. The van der Waals surface area contributed by atoms with E-state index in [2.05, 4.69) is 185 Å². The Morgan fingerprint density at radius 1 is 0.576 bits per heavy atom. The maximum absolute atomic E-state index is 5.42. The van der Waals surface area contributed by atoms with Gasteiger partial charge in [-0.25, -0.2) is 15.0 Å². The van der Waals surface area contributed by atoms with Crippen LogP contribution in [0.2, 0.25) is 0 Å². The van der Waals surface area contributed by atoms with Gasteiger partial charge in [0.25, 0.3) is 0 Å². The molecule has 280 valence electrons. The average Bonchev–Trinajstić information content (AvgIpc) is 4.04. The molecule has 9 aromatic rings. The predicted octanol–water partition coefficient (Wildman–Crippen LogP) is 12.4. The van der Waals surface area contributed by atoms with E-state index in [-0.39, 0.29) is 0 Å². The van der Waals surface area contributed by atoms with E-state index in [4.69, 9.17) is 9.98 Å². The highest BCUT2D eigenvalue weighted by molar-refractivity contribution is 6.14. The summed E-state index contributed by atoms with van der Waals surface area (Å²) in [4.78, 5) is 15.4. The van der Waals surface area contributed by atoms with Gasteiger partial charge in [-0.15, -0.1) is 0 Å². The Morgan fingerprint density at radius 2 is 1.25 bits per heavy atom. The second-order valence-corrected chi connectivity index (χ2v) is 15.9. The van der Waals surface area contributed by atoms with Crippen molar-refractivity contribution in [3.05, 3.63) is 202 Å². The lowest BCUT2D eigenvalue weighted by atomic mass is 10.00. The molecule has 0 bridgehead atoms. The molecule has 5 heteroatoms. The van der Waals surface area contributed by atoms with E-state index in [1.165, 1.54) is 88.5 Å². The highest BCUT2D eigenvalue weighted by Crippen LogP contribution is 2.42. The summed E-state index contributed by atoms with van der Waals surface area (Å²) in [7, 11) is 0. The molecule has 2 aromatic heterocycles. The summed E-state index contributed by atoms with van der Waals surface area (Å²) in [5.41, 5.74) is 19.5. The standard InChI is InChI=1S/C54H39N5/c1-55-53(37-26-25-35-29-36-27-28-38(32-47(36)46(35)31-37)59-51-23-10-6-17-43(51)44-18-7-11-24-52(44)59)57-54(45-20-12-19-40-39-14-3-2-13-34(39)30-48(40)45)56-33-58-49-21-8-4-15-41(49)42-16-5-9-22-50(42)58/h2-8,10-21,23-28,31-32H,1,9,22,29-30,33H2. The Kier molecular flexibility index (Phi) is 7.64. The summed E-state index contributed by atoms with van der Waals surface area (Å²) in [6.07, 6.45) is 8.29. The first-order valence-corrected chi connectivity index (χ1v) is 20.5. The Bertz CT molecular complexity index is 3280. The van der Waals surface area contributed by atoms with Crippen LogP contribution in [-0.4, -0.2) is 27.5 Å². The van der Waals surface area contributed by atoms with Crippen LogP contribution in [0.25, 0.3) is 66.7 Å². The van der Waals surface area contributed by atoms with E-state index in [0.717, 1.165) is 42.5 Å². The molecule has 0 atom stereocenters. The number of nitrogens with zero attached hydrogens (tertiary/aromatic N) is 5. The second kappa shape index (κ2) is 13.4. The number of rotatable bonds is 5. The fourth-order valence-corrected chi connectivity index (χ4v) is 10.0. The minimum atomic E-state index is 0.451. The summed E-state index contributed by atoms with van der Waals surface area (Å²) < 4.78 is 4.77. The molecule has 0 spiro atoms. The molecule has 59 heavy (non-hydrogen) atoms. The fraction of sp³-hybridized carbons (Fsp3) is 0.0926. The van der Waals surface area contributed by atoms with Gasteiger partial charge in [-0.2, -0.15) is 0 Å². The number of hydrogen-bond donors (Lipinski definition) is 0. The predicted molar refractivity (Wildman–Crippen MR) is 246 cm³/mol. The topological polar surface area (TPSA) is 46.9 Å². The summed E-state index contributed by atoms with van der Waals surface area (Å²) >= 11 is 0. The van der Waals surface area contributed by atoms with E-state index in [1.54, 1.807) is 0 Å². The van der Waals surface area contributed by atoms with Crippen LogP contribution in [0.5, 0.6) is 0 Å². The van der Waals surface area contributed by atoms with Crippen LogP contribution in [0.15, 0.2) is 173 Å². The molecule has 0 aliphatic heterocycles. The monoisotopic (exact) mass is 757 g/mol. The molecule has 0 N–H and O–H groups in total. The number of aliphatic imine (C=N–C) groups is 3. The quantitative estimate of drug-likeness (QED) is 0.124. The normalized spacial score (nSPS) is 14.1. The number of aromatic nitrogens is 2. The molecule has 0 saturated carbocycles. The lowest BCUT2D eigenvalue weighted by molar-refractivity contribution is 0.707. The van der Waals surface area contributed by atoms with Crippen LogP contribution in [0.3, 0.4) is 0 Å². The zero-order valence-electron chi connectivity index (χ0n) is 32.6. The molecule has 0 amide bonds. The van der Waals surface area contributed by atoms with Crippen molar-refractivity contribution in [2.24, 2.45) is 15.0 Å². The third-order valence-corrected chi connectivity index (χ3v) is 12.7. The van der Waals surface area contributed by atoms with Crippen molar-refractivity contribution in [1.29, 1.82) is 0 Å². The Hall–Kier alpha value is -7.37. The fourth-order valence-electron chi connectivity index (χ4n) is 10.0. The average molecular weight is 758 g/mol. The van der Waals surface area contributed by atoms with Gasteiger partial charge in [0.15, 0.2) is 11.7 Å².